The van der Waals surface area contributed by atoms with Crippen molar-refractivity contribution in [3.8, 4) is 0 Å². The molecule has 3 heteroatoms. The molecule has 1 rings (SSSR count). The SMILES string of the molecule is OCNCCC[C@@H]1CC[C@H](O)C1. The average Bonchev–Trinajstić information content (AvgIpc) is 2.45. The van der Waals surface area contributed by atoms with Gasteiger partial charge in [-0.05, 0) is 44.6 Å². The number of aliphatic hydroxyl groups excluding tert-OH is 2. The van der Waals surface area contributed by atoms with Crippen molar-refractivity contribution in [2.75, 3.05) is 13.3 Å². The van der Waals surface area contributed by atoms with Gasteiger partial charge in [0.2, 0.25) is 0 Å². The maximum atomic E-state index is 9.25. The van der Waals surface area contributed by atoms with E-state index in [1.807, 2.05) is 0 Å². The molecule has 0 aromatic carbocycles. The lowest BCUT2D eigenvalue weighted by molar-refractivity contribution is 0.176. The van der Waals surface area contributed by atoms with Gasteiger partial charge in [-0.1, -0.05) is 0 Å². The molecule has 0 amide bonds. The van der Waals surface area contributed by atoms with Gasteiger partial charge in [0.15, 0.2) is 0 Å². The van der Waals surface area contributed by atoms with E-state index in [1.165, 1.54) is 12.8 Å². The Morgan fingerprint density at radius 1 is 1.33 bits per heavy atom. The summed E-state index contributed by atoms with van der Waals surface area (Å²) in [6, 6.07) is 0. The van der Waals surface area contributed by atoms with Crippen LogP contribution in [-0.2, 0) is 0 Å². The van der Waals surface area contributed by atoms with E-state index < -0.39 is 0 Å². The minimum atomic E-state index is -0.0409. The first-order valence-electron chi connectivity index (χ1n) is 4.82. The molecule has 0 spiro atoms. The molecule has 3 nitrogen and oxygen atoms in total. The Kier molecular flexibility index (Phi) is 4.58. The van der Waals surface area contributed by atoms with Crippen LogP contribution in [0.1, 0.15) is 32.1 Å². The van der Waals surface area contributed by atoms with E-state index in [1.54, 1.807) is 0 Å². The van der Waals surface area contributed by atoms with Crippen LogP contribution >= 0.6 is 0 Å². The quantitative estimate of drug-likeness (QED) is 0.418. The standard InChI is InChI=1S/C9H19NO2/c11-7-10-5-1-2-8-3-4-9(12)6-8/h8-12H,1-7H2/t8-,9+/m1/s1. The smallest absolute Gasteiger partial charge is 0.0931 e. The second-order valence-corrected chi connectivity index (χ2v) is 3.63. The minimum absolute atomic E-state index is 0.0409. The van der Waals surface area contributed by atoms with E-state index in [0.29, 0.717) is 0 Å². The van der Waals surface area contributed by atoms with Crippen molar-refractivity contribution in [2.24, 2.45) is 5.92 Å². The van der Waals surface area contributed by atoms with Gasteiger partial charge in [0, 0.05) is 0 Å². The molecule has 0 aromatic heterocycles. The van der Waals surface area contributed by atoms with E-state index in [4.69, 9.17) is 5.11 Å². The van der Waals surface area contributed by atoms with Crippen LogP contribution in [0.5, 0.6) is 0 Å². The van der Waals surface area contributed by atoms with Gasteiger partial charge in [0.1, 0.15) is 0 Å². The molecule has 2 atom stereocenters. The topological polar surface area (TPSA) is 52.5 Å². The minimum Gasteiger partial charge on any atom is -0.393 e. The first-order valence-corrected chi connectivity index (χ1v) is 4.82. The first-order chi connectivity index (χ1) is 5.83. The zero-order chi connectivity index (χ0) is 8.81. The summed E-state index contributed by atoms with van der Waals surface area (Å²) in [5, 5.41) is 20.6. The van der Waals surface area contributed by atoms with Crippen LogP contribution in [0.4, 0.5) is 0 Å². The largest absolute Gasteiger partial charge is 0.393 e. The molecule has 0 aromatic rings. The van der Waals surface area contributed by atoms with E-state index >= 15 is 0 Å². The fraction of sp³-hybridized carbons (Fsp3) is 1.00. The molecule has 12 heavy (non-hydrogen) atoms. The average molecular weight is 173 g/mol. The van der Waals surface area contributed by atoms with Gasteiger partial charge < -0.3 is 10.2 Å². The monoisotopic (exact) mass is 173 g/mol. The molecule has 1 aliphatic rings. The summed E-state index contributed by atoms with van der Waals surface area (Å²) in [5.74, 6) is 0.723. The van der Waals surface area contributed by atoms with Crippen LogP contribution in [-0.4, -0.2) is 29.6 Å². The van der Waals surface area contributed by atoms with Crippen LogP contribution in [0.2, 0.25) is 0 Å². The number of aliphatic hydroxyl groups is 2. The molecule has 1 saturated carbocycles. The van der Waals surface area contributed by atoms with Crippen molar-refractivity contribution in [3.63, 3.8) is 0 Å². The second-order valence-electron chi connectivity index (χ2n) is 3.63. The summed E-state index contributed by atoms with van der Waals surface area (Å²) in [4.78, 5) is 0. The third-order valence-corrected chi connectivity index (χ3v) is 2.59. The van der Waals surface area contributed by atoms with Gasteiger partial charge in [-0.3, -0.25) is 5.32 Å². The van der Waals surface area contributed by atoms with E-state index in [0.717, 1.165) is 31.7 Å². The molecular formula is C9H19NO2. The molecular weight excluding hydrogens is 154 g/mol. The molecule has 0 unspecified atom stereocenters. The van der Waals surface area contributed by atoms with Crippen LogP contribution in [0.15, 0.2) is 0 Å². The molecule has 0 aliphatic heterocycles. The number of hydrogen-bond donors (Lipinski definition) is 3. The Bertz CT molecular complexity index is 119. The van der Waals surface area contributed by atoms with Crippen LogP contribution in [0.3, 0.4) is 0 Å². The lowest BCUT2D eigenvalue weighted by Crippen LogP contribution is -2.16. The zero-order valence-electron chi connectivity index (χ0n) is 7.50. The first kappa shape index (κ1) is 9.96. The van der Waals surface area contributed by atoms with Gasteiger partial charge >= 0.3 is 0 Å². The summed E-state index contributed by atoms with van der Waals surface area (Å²) >= 11 is 0. The highest BCUT2D eigenvalue weighted by atomic mass is 16.3. The van der Waals surface area contributed by atoms with E-state index in [9.17, 15) is 5.11 Å². The predicted octanol–water partition coefficient (Wildman–Crippen LogP) is 0.467. The van der Waals surface area contributed by atoms with Crippen molar-refractivity contribution in [3.05, 3.63) is 0 Å². The van der Waals surface area contributed by atoms with Gasteiger partial charge in [0.05, 0.1) is 12.8 Å². The predicted molar refractivity (Wildman–Crippen MR) is 47.7 cm³/mol. The highest BCUT2D eigenvalue weighted by Crippen LogP contribution is 2.28. The normalized spacial score (nSPS) is 29.5. The summed E-state index contributed by atoms with van der Waals surface area (Å²) in [6.07, 6.45) is 5.40. The van der Waals surface area contributed by atoms with Crippen LogP contribution in [0, 0.1) is 5.92 Å². The highest BCUT2D eigenvalue weighted by Gasteiger charge is 2.21. The second kappa shape index (κ2) is 5.51. The van der Waals surface area contributed by atoms with Gasteiger partial charge in [-0.2, -0.15) is 0 Å². The summed E-state index contributed by atoms with van der Waals surface area (Å²) in [7, 11) is 0. The summed E-state index contributed by atoms with van der Waals surface area (Å²) < 4.78 is 0. The van der Waals surface area contributed by atoms with Crippen molar-refractivity contribution in [1.82, 2.24) is 5.32 Å². The van der Waals surface area contributed by atoms with Gasteiger partial charge in [-0.25, -0.2) is 0 Å². The third-order valence-electron chi connectivity index (χ3n) is 2.59. The molecule has 0 radical (unpaired) electrons. The fourth-order valence-corrected chi connectivity index (χ4v) is 1.91. The van der Waals surface area contributed by atoms with Crippen molar-refractivity contribution in [1.29, 1.82) is 0 Å². The van der Waals surface area contributed by atoms with Crippen molar-refractivity contribution in [2.45, 2.75) is 38.2 Å². The molecule has 0 saturated heterocycles. The number of hydrogen-bond acceptors (Lipinski definition) is 3. The van der Waals surface area contributed by atoms with Crippen LogP contribution < -0.4 is 5.32 Å². The molecule has 0 heterocycles. The molecule has 0 bridgehead atoms. The number of rotatable bonds is 5. The lowest BCUT2D eigenvalue weighted by atomic mass is 10.0. The Hall–Kier alpha value is -0.120. The molecule has 3 N–H and O–H groups in total. The molecule has 72 valence electrons. The number of nitrogens with one attached hydrogen (secondary N) is 1. The maximum Gasteiger partial charge on any atom is 0.0931 e. The Morgan fingerprint density at radius 2 is 2.17 bits per heavy atom. The van der Waals surface area contributed by atoms with E-state index in [-0.39, 0.29) is 12.8 Å². The van der Waals surface area contributed by atoms with Crippen LogP contribution in [0.25, 0.3) is 0 Å². The Balaban J connectivity index is 1.93. The van der Waals surface area contributed by atoms with Crippen molar-refractivity contribution >= 4 is 0 Å². The third kappa shape index (κ3) is 3.52. The van der Waals surface area contributed by atoms with E-state index in [2.05, 4.69) is 5.32 Å². The Morgan fingerprint density at radius 3 is 2.75 bits per heavy atom. The highest BCUT2D eigenvalue weighted by molar-refractivity contribution is 4.74. The van der Waals surface area contributed by atoms with Crippen molar-refractivity contribution < 1.29 is 10.2 Å². The van der Waals surface area contributed by atoms with Gasteiger partial charge in [0.25, 0.3) is 0 Å². The van der Waals surface area contributed by atoms with Gasteiger partial charge in [-0.15, -0.1) is 0 Å². The molecule has 1 fully saturated rings. The Labute approximate surface area is 73.8 Å². The fourth-order valence-electron chi connectivity index (χ4n) is 1.91. The molecule has 1 aliphatic carbocycles. The zero-order valence-corrected chi connectivity index (χ0v) is 7.50. The lowest BCUT2D eigenvalue weighted by Gasteiger charge is -2.08. The maximum absolute atomic E-state index is 9.25. The summed E-state index contributed by atoms with van der Waals surface area (Å²) in [6.45, 7) is 0.969. The summed E-state index contributed by atoms with van der Waals surface area (Å²) in [5.41, 5.74) is 0.